The van der Waals surface area contributed by atoms with Crippen LogP contribution in [0.1, 0.15) is 6.92 Å². The fourth-order valence-electron chi connectivity index (χ4n) is 2.32. The summed E-state index contributed by atoms with van der Waals surface area (Å²) in [6.45, 7) is 1.43. The number of nitrogens with zero attached hydrogens (tertiary/aromatic N) is 1. The zero-order valence-corrected chi connectivity index (χ0v) is 15.7. The zero-order valence-electron chi connectivity index (χ0n) is 15.7. The number of rotatable bonds is 8. The monoisotopic (exact) mass is 385 g/mol. The van der Waals surface area contributed by atoms with Crippen LogP contribution < -0.4 is 15.4 Å². The SMILES string of the molecule is CC(CN(C)C(=O)Nc1cccc(OCC(=O)Nc2ccccc2)c1)C(=O)O. The van der Waals surface area contributed by atoms with Gasteiger partial charge in [0.15, 0.2) is 6.61 Å². The van der Waals surface area contributed by atoms with E-state index < -0.39 is 17.9 Å². The second kappa shape index (κ2) is 9.96. The summed E-state index contributed by atoms with van der Waals surface area (Å²) in [5, 5.41) is 14.3. The van der Waals surface area contributed by atoms with Crippen molar-refractivity contribution in [1.29, 1.82) is 0 Å². The molecule has 2 aromatic rings. The van der Waals surface area contributed by atoms with E-state index in [4.69, 9.17) is 9.84 Å². The highest BCUT2D eigenvalue weighted by molar-refractivity contribution is 5.92. The van der Waals surface area contributed by atoms with Crippen LogP contribution in [0.3, 0.4) is 0 Å². The first kappa shape index (κ1) is 20.8. The van der Waals surface area contributed by atoms with Gasteiger partial charge in [0.1, 0.15) is 5.75 Å². The molecule has 28 heavy (non-hydrogen) atoms. The van der Waals surface area contributed by atoms with Crippen molar-refractivity contribution in [3.63, 3.8) is 0 Å². The fourth-order valence-corrected chi connectivity index (χ4v) is 2.32. The minimum atomic E-state index is -0.969. The number of benzene rings is 2. The lowest BCUT2D eigenvalue weighted by atomic mass is 10.2. The van der Waals surface area contributed by atoms with E-state index in [1.807, 2.05) is 18.2 Å². The summed E-state index contributed by atoms with van der Waals surface area (Å²) in [7, 11) is 1.52. The molecule has 0 aliphatic heterocycles. The second-order valence-electron chi connectivity index (χ2n) is 6.28. The molecule has 2 rings (SSSR count). The highest BCUT2D eigenvalue weighted by Crippen LogP contribution is 2.18. The van der Waals surface area contributed by atoms with Crippen LogP contribution in [0.4, 0.5) is 16.2 Å². The van der Waals surface area contributed by atoms with Gasteiger partial charge < -0.3 is 25.4 Å². The fraction of sp³-hybridized carbons (Fsp3) is 0.250. The molecule has 0 fully saturated rings. The summed E-state index contributed by atoms with van der Waals surface area (Å²) < 4.78 is 5.46. The van der Waals surface area contributed by atoms with Gasteiger partial charge in [-0.2, -0.15) is 0 Å². The van der Waals surface area contributed by atoms with Crippen molar-refractivity contribution in [3.05, 3.63) is 54.6 Å². The van der Waals surface area contributed by atoms with E-state index >= 15 is 0 Å². The summed E-state index contributed by atoms with van der Waals surface area (Å²) >= 11 is 0. The summed E-state index contributed by atoms with van der Waals surface area (Å²) in [4.78, 5) is 36.3. The first-order valence-corrected chi connectivity index (χ1v) is 8.68. The van der Waals surface area contributed by atoms with Crippen LogP contribution in [-0.4, -0.2) is 48.1 Å². The van der Waals surface area contributed by atoms with Crippen LogP contribution in [0.15, 0.2) is 54.6 Å². The lowest BCUT2D eigenvalue weighted by Crippen LogP contribution is -2.36. The Balaban J connectivity index is 1.86. The number of carbonyl (C=O) groups is 3. The smallest absolute Gasteiger partial charge is 0.321 e. The third kappa shape index (κ3) is 6.64. The normalized spacial score (nSPS) is 11.2. The Bertz CT molecular complexity index is 826. The van der Waals surface area contributed by atoms with E-state index in [1.54, 1.807) is 36.4 Å². The number of carboxylic acids is 1. The molecular weight excluding hydrogens is 362 g/mol. The van der Waals surface area contributed by atoms with Gasteiger partial charge >= 0.3 is 12.0 Å². The Morgan fingerprint density at radius 1 is 1.04 bits per heavy atom. The van der Waals surface area contributed by atoms with E-state index in [2.05, 4.69) is 10.6 Å². The molecule has 0 spiro atoms. The third-order valence-electron chi connectivity index (χ3n) is 3.83. The molecule has 0 bridgehead atoms. The van der Waals surface area contributed by atoms with Crippen LogP contribution in [0.2, 0.25) is 0 Å². The number of anilines is 2. The molecule has 0 aromatic heterocycles. The van der Waals surface area contributed by atoms with E-state index in [-0.39, 0.29) is 19.1 Å². The quantitative estimate of drug-likeness (QED) is 0.648. The largest absolute Gasteiger partial charge is 0.484 e. The lowest BCUT2D eigenvalue weighted by Gasteiger charge is -2.20. The summed E-state index contributed by atoms with van der Waals surface area (Å²) in [5.74, 6) is -1.53. The molecule has 3 amide bonds. The topological polar surface area (TPSA) is 108 Å². The van der Waals surface area contributed by atoms with Gasteiger partial charge in [-0.05, 0) is 24.3 Å². The number of nitrogens with one attached hydrogen (secondary N) is 2. The molecule has 8 nitrogen and oxygen atoms in total. The van der Waals surface area contributed by atoms with Crippen molar-refractivity contribution in [2.24, 2.45) is 5.92 Å². The third-order valence-corrected chi connectivity index (χ3v) is 3.83. The molecule has 0 saturated heterocycles. The van der Waals surface area contributed by atoms with E-state index in [9.17, 15) is 14.4 Å². The number of ether oxygens (including phenoxy) is 1. The van der Waals surface area contributed by atoms with Crippen LogP contribution in [0, 0.1) is 5.92 Å². The Morgan fingerprint density at radius 2 is 1.71 bits per heavy atom. The van der Waals surface area contributed by atoms with E-state index in [0.29, 0.717) is 17.1 Å². The Labute approximate surface area is 163 Å². The van der Waals surface area contributed by atoms with Crippen molar-refractivity contribution < 1.29 is 24.2 Å². The number of hydrogen-bond donors (Lipinski definition) is 3. The molecule has 2 aromatic carbocycles. The molecule has 0 aliphatic carbocycles. The van der Waals surface area contributed by atoms with Crippen molar-refractivity contribution in [1.82, 2.24) is 4.90 Å². The molecule has 0 radical (unpaired) electrons. The minimum absolute atomic E-state index is 0.0804. The van der Waals surface area contributed by atoms with E-state index in [0.717, 1.165) is 0 Å². The number of amides is 3. The Morgan fingerprint density at radius 3 is 2.39 bits per heavy atom. The molecule has 0 saturated carbocycles. The molecule has 0 heterocycles. The highest BCUT2D eigenvalue weighted by atomic mass is 16.5. The maximum absolute atomic E-state index is 12.2. The number of carboxylic acid groups (broad SMARTS) is 1. The first-order chi connectivity index (χ1) is 13.3. The Hall–Kier alpha value is -3.55. The average molecular weight is 385 g/mol. The maximum atomic E-state index is 12.2. The van der Waals surface area contributed by atoms with Crippen LogP contribution in [-0.2, 0) is 9.59 Å². The van der Waals surface area contributed by atoms with E-state index in [1.165, 1.54) is 18.9 Å². The van der Waals surface area contributed by atoms with Gasteiger partial charge in [-0.25, -0.2) is 4.79 Å². The van der Waals surface area contributed by atoms with Crippen molar-refractivity contribution in [2.75, 3.05) is 30.8 Å². The Kier molecular flexibility index (Phi) is 7.38. The molecule has 148 valence electrons. The predicted octanol–water partition coefficient (Wildman–Crippen LogP) is 2.89. The summed E-state index contributed by atoms with van der Waals surface area (Å²) in [6, 6.07) is 15.2. The number of para-hydroxylation sites is 1. The van der Waals surface area contributed by atoms with Crippen molar-refractivity contribution in [3.8, 4) is 5.75 Å². The predicted molar refractivity (Wildman–Crippen MR) is 105 cm³/mol. The van der Waals surface area contributed by atoms with Crippen molar-refractivity contribution in [2.45, 2.75) is 6.92 Å². The number of urea groups is 1. The van der Waals surface area contributed by atoms with Crippen LogP contribution >= 0.6 is 0 Å². The van der Waals surface area contributed by atoms with Gasteiger partial charge in [-0.3, -0.25) is 9.59 Å². The zero-order chi connectivity index (χ0) is 20.5. The minimum Gasteiger partial charge on any atom is -0.484 e. The lowest BCUT2D eigenvalue weighted by molar-refractivity contribution is -0.141. The number of hydrogen-bond acceptors (Lipinski definition) is 4. The van der Waals surface area contributed by atoms with Crippen LogP contribution in [0.25, 0.3) is 0 Å². The summed E-state index contributed by atoms with van der Waals surface area (Å²) in [5.41, 5.74) is 1.15. The average Bonchev–Trinajstić information content (AvgIpc) is 2.67. The number of carbonyl (C=O) groups excluding carboxylic acids is 2. The maximum Gasteiger partial charge on any atom is 0.321 e. The molecule has 8 heteroatoms. The van der Waals surface area contributed by atoms with Crippen LogP contribution in [0.5, 0.6) is 5.75 Å². The first-order valence-electron chi connectivity index (χ1n) is 8.68. The highest BCUT2D eigenvalue weighted by Gasteiger charge is 2.17. The molecule has 1 unspecified atom stereocenters. The van der Waals surface area contributed by atoms with Crippen molar-refractivity contribution >= 4 is 29.3 Å². The standard InChI is InChI=1S/C20H23N3O5/c1-14(19(25)26)12-23(2)20(27)22-16-9-6-10-17(11-16)28-13-18(24)21-15-7-4-3-5-8-15/h3-11,14H,12-13H2,1-2H3,(H,21,24)(H,22,27)(H,25,26). The molecule has 1 atom stereocenters. The number of aliphatic carboxylic acids is 1. The van der Waals surface area contributed by atoms with Gasteiger partial charge in [0.2, 0.25) is 0 Å². The summed E-state index contributed by atoms with van der Waals surface area (Å²) in [6.07, 6.45) is 0. The van der Waals surface area contributed by atoms with Gasteiger partial charge in [0.05, 0.1) is 5.92 Å². The van der Waals surface area contributed by atoms with Gasteiger partial charge in [-0.15, -0.1) is 0 Å². The molecule has 0 aliphatic rings. The molecule has 3 N–H and O–H groups in total. The second-order valence-corrected chi connectivity index (χ2v) is 6.28. The van der Waals surface area contributed by atoms with Gasteiger partial charge in [-0.1, -0.05) is 31.2 Å². The molecular formula is C20H23N3O5. The van der Waals surface area contributed by atoms with Gasteiger partial charge in [0.25, 0.3) is 5.91 Å². The van der Waals surface area contributed by atoms with Gasteiger partial charge in [0, 0.05) is 31.0 Å².